The molecule has 15 heavy (non-hydrogen) atoms. The number of hydrogen-bond donors (Lipinski definition) is 1. The highest BCUT2D eigenvalue weighted by Gasteiger charge is 2.13. The molecule has 0 bridgehead atoms. The molecule has 1 N–H and O–H groups in total. The normalized spacial score (nSPS) is 12.7. The fourth-order valence-corrected chi connectivity index (χ4v) is 1.20. The third kappa shape index (κ3) is 3.75. The molecule has 1 unspecified atom stereocenters. The Bertz CT molecular complexity index is 316. The number of rotatable bonds is 6. The molecule has 0 fully saturated rings. The molecule has 4 heteroatoms. The van der Waals surface area contributed by atoms with E-state index in [1.165, 1.54) is 0 Å². The molecule has 0 amide bonds. The van der Waals surface area contributed by atoms with Crippen LogP contribution < -0.4 is 0 Å². The van der Waals surface area contributed by atoms with Crippen molar-refractivity contribution >= 4 is 5.97 Å². The second-order valence-corrected chi connectivity index (χ2v) is 3.45. The summed E-state index contributed by atoms with van der Waals surface area (Å²) in [5.41, 5.74) is 0. The zero-order chi connectivity index (χ0) is 11.3. The first kappa shape index (κ1) is 11.8. The van der Waals surface area contributed by atoms with E-state index in [0.717, 1.165) is 5.76 Å². The van der Waals surface area contributed by atoms with Crippen molar-refractivity contribution in [3.63, 3.8) is 0 Å². The molecule has 1 rings (SSSR count). The largest absolute Gasteiger partial charge is 0.481 e. The van der Waals surface area contributed by atoms with Gasteiger partial charge in [0.15, 0.2) is 0 Å². The van der Waals surface area contributed by atoms with Gasteiger partial charge in [-0.15, -0.1) is 0 Å². The van der Waals surface area contributed by atoms with Crippen molar-refractivity contribution in [2.45, 2.75) is 26.9 Å². The number of carbonyl (C=O) groups is 1. The number of carboxylic acids is 1. The highest BCUT2D eigenvalue weighted by molar-refractivity contribution is 5.69. The van der Waals surface area contributed by atoms with Gasteiger partial charge in [0.1, 0.15) is 18.1 Å². The summed E-state index contributed by atoms with van der Waals surface area (Å²) >= 11 is 0. The van der Waals surface area contributed by atoms with E-state index < -0.39 is 11.9 Å². The van der Waals surface area contributed by atoms with Crippen LogP contribution in [0, 0.1) is 5.92 Å². The van der Waals surface area contributed by atoms with Crippen LogP contribution in [-0.2, 0) is 22.6 Å². The fourth-order valence-electron chi connectivity index (χ4n) is 1.20. The van der Waals surface area contributed by atoms with E-state index in [1.807, 2.05) is 13.0 Å². The molecule has 4 nitrogen and oxygen atoms in total. The molecule has 1 aromatic rings. The number of hydrogen-bond acceptors (Lipinski definition) is 3. The lowest BCUT2D eigenvalue weighted by molar-refractivity contribution is -0.141. The van der Waals surface area contributed by atoms with Gasteiger partial charge in [0, 0.05) is 13.0 Å². The maximum absolute atomic E-state index is 10.6. The van der Waals surface area contributed by atoms with Gasteiger partial charge in [-0.3, -0.25) is 4.79 Å². The Morgan fingerprint density at radius 2 is 2.20 bits per heavy atom. The van der Waals surface area contributed by atoms with Crippen molar-refractivity contribution in [2.24, 2.45) is 5.92 Å². The monoisotopic (exact) mass is 212 g/mol. The maximum Gasteiger partial charge on any atom is 0.306 e. The molecule has 0 aliphatic carbocycles. The van der Waals surface area contributed by atoms with Gasteiger partial charge in [-0.25, -0.2) is 0 Å². The summed E-state index contributed by atoms with van der Waals surface area (Å²) in [7, 11) is 0. The van der Waals surface area contributed by atoms with E-state index in [2.05, 4.69) is 0 Å². The fraction of sp³-hybridized carbons (Fsp3) is 0.545. The lowest BCUT2D eigenvalue weighted by Crippen LogP contribution is -2.11. The van der Waals surface area contributed by atoms with Crippen LogP contribution >= 0.6 is 0 Å². The zero-order valence-electron chi connectivity index (χ0n) is 9.03. The van der Waals surface area contributed by atoms with Gasteiger partial charge >= 0.3 is 5.97 Å². The average molecular weight is 212 g/mol. The van der Waals surface area contributed by atoms with Gasteiger partial charge in [-0.2, -0.15) is 0 Å². The highest BCUT2D eigenvalue weighted by Crippen LogP contribution is 2.13. The van der Waals surface area contributed by atoms with Crippen LogP contribution in [0.25, 0.3) is 0 Å². The molecule has 84 valence electrons. The third-order valence-electron chi connectivity index (χ3n) is 2.09. The van der Waals surface area contributed by atoms with E-state index in [1.54, 1.807) is 13.0 Å². The van der Waals surface area contributed by atoms with Crippen molar-refractivity contribution in [2.75, 3.05) is 6.61 Å². The van der Waals surface area contributed by atoms with Crippen molar-refractivity contribution in [3.05, 3.63) is 23.7 Å². The highest BCUT2D eigenvalue weighted by atomic mass is 16.5. The smallest absolute Gasteiger partial charge is 0.306 e. The topological polar surface area (TPSA) is 59.7 Å². The second-order valence-electron chi connectivity index (χ2n) is 3.45. The summed E-state index contributed by atoms with van der Waals surface area (Å²) in [4.78, 5) is 10.6. The van der Waals surface area contributed by atoms with Crippen LogP contribution in [0.15, 0.2) is 16.5 Å². The molecule has 1 heterocycles. The minimum absolute atomic E-state index is 0.418. The van der Waals surface area contributed by atoms with Crippen LogP contribution in [0.2, 0.25) is 0 Å². The lowest BCUT2D eigenvalue weighted by Gasteiger charge is -2.02. The summed E-state index contributed by atoms with van der Waals surface area (Å²) in [6.45, 7) is 4.66. The Hall–Kier alpha value is -1.29. The first-order chi connectivity index (χ1) is 7.13. The Morgan fingerprint density at radius 1 is 1.53 bits per heavy atom. The predicted octanol–water partition coefficient (Wildman–Crippen LogP) is 2.08. The van der Waals surface area contributed by atoms with Gasteiger partial charge in [0.25, 0.3) is 0 Å². The minimum Gasteiger partial charge on any atom is -0.481 e. The number of ether oxygens (including phenoxy) is 1. The summed E-state index contributed by atoms with van der Waals surface area (Å²) in [6.07, 6.45) is 0.418. The number of furan rings is 1. The van der Waals surface area contributed by atoms with E-state index in [0.29, 0.717) is 25.4 Å². The van der Waals surface area contributed by atoms with Crippen molar-refractivity contribution in [3.8, 4) is 0 Å². The van der Waals surface area contributed by atoms with Gasteiger partial charge in [0.2, 0.25) is 0 Å². The zero-order valence-corrected chi connectivity index (χ0v) is 9.03. The van der Waals surface area contributed by atoms with Gasteiger partial charge in [-0.05, 0) is 19.1 Å². The SMILES string of the molecule is CCOCc1ccc(CC(C)C(=O)O)o1. The maximum atomic E-state index is 10.6. The van der Waals surface area contributed by atoms with Gasteiger partial charge in [0.05, 0.1) is 5.92 Å². The molecule has 0 aliphatic rings. The molecule has 0 aromatic carbocycles. The number of carboxylic acid groups (broad SMARTS) is 1. The summed E-state index contributed by atoms with van der Waals surface area (Å²) in [5.74, 6) is 0.206. The van der Waals surface area contributed by atoms with Crippen molar-refractivity contribution < 1.29 is 19.1 Å². The molecule has 0 radical (unpaired) electrons. The molecule has 1 aromatic heterocycles. The first-order valence-corrected chi connectivity index (χ1v) is 5.01. The Morgan fingerprint density at radius 3 is 2.80 bits per heavy atom. The quantitative estimate of drug-likeness (QED) is 0.784. The van der Waals surface area contributed by atoms with Gasteiger partial charge < -0.3 is 14.3 Å². The van der Waals surface area contributed by atoms with E-state index in [-0.39, 0.29) is 0 Å². The minimum atomic E-state index is -0.808. The van der Waals surface area contributed by atoms with E-state index in [9.17, 15) is 4.79 Å². The lowest BCUT2D eigenvalue weighted by atomic mass is 10.1. The van der Waals surface area contributed by atoms with Crippen LogP contribution in [-0.4, -0.2) is 17.7 Å². The molecule has 0 spiro atoms. The van der Waals surface area contributed by atoms with Crippen LogP contribution in [0.3, 0.4) is 0 Å². The first-order valence-electron chi connectivity index (χ1n) is 5.01. The molecule has 0 aliphatic heterocycles. The molecular weight excluding hydrogens is 196 g/mol. The summed E-state index contributed by atoms with van der Waals surface area (Å²) < 4.78 is 10.6. The van der Waals surface area contributed by atoms with Gasteiger partial charge in [-0.1, -0.05) is 6.92 Å². The standard InChI is InChI=1S/C11H16O4/c1-3-14-7-10-5-4-9(15-10)6-8(2)11(12)13/h4-5,8H,3,6-7H2,1-2H3,(H,12,13). The van der Waals surface area contributed by atoms with Crippen molar-refractivity contribution in [1.29, 1.82) is 0 Å². The molecule has 0 saturated heterocycles. The molecular formula is C11H16O4. The third-order valence-corrected chi connectivity index (χ3v) is 2.09. The van der Waals surface area contributed by atoms with E-state index >= 15 is 0 Å². The van der Waals surface area contributed by atoms with Crippen LogP contribution in [0.1, 0.15) is 25.4 Å². The Kier molecular flexibility index (Phi) is 4.37. The molecule has 1 atom stereocenters. The predicted molar refractivity (Wildman–Crippen MR) is 54.5 cm³/mol. The Labute approximate surface area is 88.8 Å². The summed E-state index contributed by atoms with van der Waals surface area (Å²) in [6, 6.07) is 3.62. The van der Waals surface area contributed by atoms with Crippen LogP contribution in [0.5, 0.6) is 0 Å². The van der Waals surface area contributed by atoms with Crippen LogP contribution in [0.4, 0.5) is 0 Å². The Balaban J connectivity index is 2.49. The van der Waals surface area contributed by atoms with Crippen molar-refractivity contribution in [1.82, 2.24) is 0 Å². The second kappa shape index (κ2) is 5.56. The number of aliphatic carboxylic acids is 1. The van der Waals surface area contributed by atoms with E-state index in [4.69, 9.17) is 14.3 Å². The summed E-state index contributed by atoms with van der Waals surface area (Å²) in [5, 5.41) is 8.73. The average Bonchev–Trinajstić information content (AvgIpc) is 2.62. The molecule has 0 saturated carbocycles.